The van der Waals surface area contributed by atoms with Crippen LogP contribution >= 0.6 is 0 Å². The molecule has 2 heterocycles. The van der Waals surface area contributed by atoms with E-state index in [-0.39, 0.29) is 17.6 Å². The van der Waals surface area contributed by atoms with Gasteiger partial charge < -0.3 is 14.2 Å². The molecule has 128 valence electrons. The average molecular weight is 321 g/mol. The van der Waals surface area contributed by atoms with E-state index in [1.54, 1.807) is 11.9 Å². The van der Waals surface area contributed by atoms with Crippen LogP contribution in [0.5, 0.6) is 0 Å². The number of amides is 1. The Bertz CT molecular complexity index is 610. The van der Waals surface area contributed by atoms with E-state index < -0.39 is 0 Å². The molecule has 1 aliphatic heterocycles. The minimum absolute atomic E-state index is 0.00653. The summed E-state index contributed by atoms with van der Waals surface area (Å²) in [5, 5.41) is 0. The van der Waals surface area contributed by atoms with E-state index in [4.69, 9.17) is 4.74 Å². The summed E-state index contributed by atoms with van der Waals surface area (Å²) >= 11 is 0. The van der Waals surface area contributed by atoms with Crippen molar-refractivity contribution in [2.24, 2.45) is 13.0 Å². The number of hydrogen-bond donors (Lipinski definition) is 0. The maximum atomic E-state index is 12.3. The van der Waals surface area contributed by atoms with Gasteiger partial charge in [-0.1, -0.05) is 13.8 Å². The molecule has 0 fully saturated rings. The lowest BCUT2D eigenvalue weighted by Gasteiger charge is -2.28. The van der Waals surface area contributed by atoms with Crippen LogP contribution < -0.4 is 5.56 Å². The smallest absolute Gasteiger partial charge is 0.256 e. The maximum Gasteiger partial charge on any atom is 0.256 e. The number of nitrogens with zero attached hydrogens (tertiary/aromatic N) is 3. The summed E-state index contributed by atoms with van der Waals surface area (Å²) < 4.78 is 7.19. The Balaban J connectivity index is 1.85. The molecule has 6 nitrogen and oxygen atoms in total. The molecule has 0 unspecified atom stereocenters. The van der Waals surface area contributed by atoms with Crippen molar-refractivity contribution in [2.45, 2.75) is 52.7 Å². The van der Waals surface area contributed by atoms with E-state index in [1.807, 2.05) is 6.92 Å². The van der Waals surface area contributed by atoms with Gasteiger partial charge in [-0.25, -0.2) is 4.98 Å². The highest BCUT2D eigenvalue weighted by molar-refractivity contribution is 5.76. The van der Waals surface area contributed by atoms with Gasteiger partial charge in [0.15, 0.2) is 0 Å². The summed E-state index contributed by atoms with van der Waals surface area (Å²) in [5.41, 5.74) is 1.45. The predicted molar refractivity (Wildman–Crippen MR) is 88.1 cm³/mol. The minimum Gasteiger partial charge on any atom is -0.378 e. The normalized spacial score (nSPS) is 15.6. The second kappa shape index (κ2) is 7.73. The SMILES string of the molecule is CC(C)C[C@@H](C)OCCC(=O)N1CCc2c(ncn(C)c2=O)C1. The molecular weight excluding hydrogens is 294 g/mol. The molecule has 0 saturated carbocycles. The fourth-order valence-corrected chi connectivity index (χ4v) is 2.97. The monoisotopic (exact) mass is 321 g/mol. The molecule has 2 rings (SSSR count). The number of hydrogen-bond acceptors (Lipinski definition) is 4. The molecule has 0 aliphatic carbocycles. The van der Waals surface area contributed by atoms with E-state index in [0.29, 0.717) is 38.5 Å². The van der Waals surface area contributed by atoms with Crippen LogP contribution in [0.15, 0.2) is 11.1 Å². The Morgan fingerprint density at radius 2 is 2.13 bits per heavy atom. The second-order valence-electron chi connectivity index (χ2n) is 6.71. The van der Waals surface area contributed by atoms with Gasteiger partial charge in [-0.2, -0.15) is 0 Å². The highest BCUT2D eigenvalue weighted by Crippen LogP contribution is 2.14. The third kappa shape index (κ3) is 4.64. The number of carbonyl (C=O) groups excluding carboxylic acids is 1. The summed E-state index contributed by atoms with van der Waals surface area (Å²) in [4.78, 5) is 30.4. The zero-order valence-corrected chi connectivity index (χ0v) is 14.5. The Hall–Kier alpha value is -1.69. The average Bonchev–Trinajstić information content (AvgIpc) is 2.50. The lowest BCUT2D eigenvalue weighted by atomic mass is 10.1. The number of rotatable bonds is 6. The number of carbonyl (C=O) groups is 1. The summed E-state index contributed by atoms with van der Waals surface area (Å²) in [5.74, 6) is 0.655. The topological polar surface area (TPSA) is 64.4 Å². The first-order valence-electron chi connectivity index (χ1n) is 8.31. The highest BCUT2D eigenvalue weighted by Gasteiger charge is 2.23. The largest absolute Gasteiger partial charge is 0.378 e. The van der Waals surface area contributed by atoms with Crippen LogP contribution in [-0.4, -0.2) is 39.6 Å². The second-order valence-corrected chi connectivity index (χ2v) is 6.71. The van der Waals surface area contributed by atoms with Crippen LogP contribution in [0.3, 0.4) is 0 Å². The molecule has 1 aliphatic rings. The molecule has 0 spiro atoms. The van der Waals surface area contributed by atoms with E-state index in [1.165, 1.54) is 10.9 Å². The van der Waals surface area contributed by atoms with Crippen molar-refractivity contribution < 1.29 is 9.53 Å². The number of ether oxygens (including phenoxy) is 1. The molecule has 1 amide bonds. The van der Waals surface area contributed by atoms with Crippen LogP contribution in [0.25, 0.3) is 0 Å². The molecule has 1 aromatic rings. The van der Waals surface area contributed by atoms with E-state index in [0.717, 1.165) is 17.7 Å². The van der Waals surface area contributed by atoms with Crippen molar-refractivity contribution in [3.63, 3.8) is 0 Å². The first-order valence-corrected chi connectivity index (χ1v) is 8.31. The lowest BCUT2D eigenvalue weighted by Crippen LogP contribution is -2.40. The molecule has 0 N–H and O–H groups in total. The molecule has 0 aromatic carbocycles. The van der Waals surface area contributed by atoms with Crippen LogP contribution in [0.1, 0.15) is 44.9 Å². The molecule has 0 bridgehead atoms. The van der Waals surface area contributed by atoms with Crippen molar-refractivity contribution in [3.05, 3.63) is 27.9 Å². The Kier molecular flexibility index (Phi) is 5.93. The maximum absolute atomic E-state index is 12.3. The molecular formula is C17H27N3O3. The predicted octanol–water partition coefficient (Wildman–Crippen LogP) is 1.51. The Labute approximate surface area is 137 Å². The Morgan fingerprint density at radius 1 is 1.39 bits per heavy atom. The van der Waals surface area contributed by atoms with E-state index in [2.05, 4.69) is 18.8 Å². The summed E-state index contributed by atoms with van der Waals surface area (Å²) in [6.45, 7) is 7.81. The highest BCUT2D eigenvalue weighted by atomic mass is 16.5. The van der Waals surface area contributed by atoms with Gasteiger partial charge in [-0.3, -0.25) is 9.59 Å². The van der Waals surface area contributed by atoms with Crippen molar-refractivity contribution in [1.29, 1.82) is 0 Å². The molecule has 1 aromatic heterocycles. The molecule has 0 radical (unpaired) electrons. The minimum atomic E-state index is -0.00653. The number of fused-ring (bicyclic) bond motifs is 1. The quantitative estimate of drug-likeness (QED) is 0.796. The summed E-state index contributed by atoms with van der Waals surface area (Å²) in [6.07, 6.45) is 3.65. The fourth-order valence-electron chi connectivity index (χ4n) is 2.97. The van der Waals surface area contributed by atoms with E-state index in [9.17, 15) is 9.59 Å². The van der Waals surface area contributed by atoms with Crippen molar-refractivity contribution in [3.8, 4) is 0 Å². The van der Waals surface area contributed by atoms with Gasteiger partial charge in [0.1, 0.15) is 0 Å². The summed E-state index contributed by atoms with van der Waals surface area (Å²) in [7, 11) is 1.70. The third-order valence-corrected chi connectivity index (χ3v) is 4.16. The van der Waals surface area contributed by atoms with Gasteiger partial charge in [-0.15, -0.1) is 0 Å². The fraction of sp³-hybridized carbons (Fsp3) is 0.706. The van der Waals surface area contributed by atoms with Gasteiger partial charge in [0.05, 0.1) is 37.7 Å². The zero-order chi connectivity index (χ0) is 17.0. The van der Waals surface area contributed by atoms with Crippen molar-refractivity contribution in [2.75, 3.05) is 13.2 Å². The van der Waals surface area contributed by atoms with Crippen LogP contribution in [0.2, 0.25) is 0 Å². The number of aryl methyl sites for hydroxylation is 1. The number of aromatic nitrogens is 2. The van der Waals surface area contributed by atoms with Crippen LogP contribution in [0, 0.1) is 5.92 Å². The van der Waals surface area contributed by atoms with E-state index >= 15 is 0 Å². The van der Waals surface area contributed by atoms with Crippen molar-refractivity contribution >= 4 is 5.91 Å². The molecule has 6 heteroatoms. The van der Waals surface area contributed by atoms with Gasteiger partial charge in [-0.05, 0) is 25.7 Å². The lowest BCUT2D eigenvalue weighted by molar-refractivity contribution is -0.133. The third-order valence-electron chi connectivity index (χ3n) is 4.16. The first-order chi connectivity index (χ1) is 10.9. The first kappa shape index (κ1) is 17.7. The Morgan fingerprint density at radius 3 is 2.83 bits per heavy atom. The molecule has 1 atom stereocenters. The summed E-state index contributed by atoms with van der Waals surface area (Å²) in [6, 6.07) is 0. The van der Waals surface area contributed by atoms with Gasteiger partial charge in [0, 0.05) is 19.2 Å². The van der Waals surface area contributed by atoms with Gasteiger partial charge >= 0.3 is 0 Å². The van der Waals surface area contributed by atoms with Crippen LogP contribution in [-0.2, 0) is 29.5 Å². The van der Waals surface area contributed by atoms with Crippen LogP contribution in [0.4, 0.5) is 0 Å². The van der Waals surface area contributed by atoms with Crippen molar-refractivity contribution in [1.82, 2.24) is 14.5 Å². The molecule has 0 saturated heterocycles. The zero-order valence-electron chi connectivity index (χ0n) is 14.5. The molecule has 23 heavy (non-hydrogen) atoms. The standard InChI is InChI=1S/C17H27N3O3/c1-12(2)9-13(3)23-8-6-16(21)20-7-5-14-15(10-20)18-11-19(4)17(14)22/h11-13H,5-10H2,1-4H3/t13-/m1/s1. The van der Waals surface area contributed by atoms with Gasteiger partial charge in [0.2, 0.25) is 5.91 Å². The van der Waals surface area contributed by atoms with Gasteiger partial charge in [0.25, 0.3) is 5.56 Å².